The third-order valence-corrected chi connectivity index (χ3v) is 10.9. The van der Waals surface area contributed by atoms with Crippen LogP contribution in [0.15, 0.2) is 194 Å². The van der Waals surface area contributed by atoms with Gasteiger partial charge in [0.1, 0.15) is 5.69 Å². The van der Waals surface area contributed by atoms with Crippen LogP contribution in [0.3, 0.4) is 0 Å². The number of benzene rings is 7. The van der Waals surface area contributed by atoms with Crippen LogP contribution < -0.4 is 9.47 Å². The largest absolute Gasteiger partial charge is 0.449 e. The van der Waals surface area contributed by atoms with Crippen LogP contribution in [0.25, 0.3) is 56.5 Å². The highest BCUT2D eigenvalue weighted by Crippen LogP contribution is 2.62. The van der Waals surface area contributed by atoms with Crippen molar-refractivity contribution in [2.75, 3.05) is 0 Å². The molecule has 3 heterocycles. The average molecular weight is 733 g/mol. The Hall–Kier alpha value is -7.70. The molecule has 0 N–H and O–H groups in total. The Morgan fingerprint density at radius 2 is 0.982 bits per heavy atom. The molecule has 6 nitrogen and oxygen atoms in total. The van der Waals surface area contributed by atoms with Crippen molar-refractivity contribution in [1.29, 1.82) is 0 Å². The molecule has 9 aromatic rings. The van der Waals surface area contributed by atoms with Gasteiger partial charge >= 0.3 is 0 Å². The predicted octanol–water partition coefficient (Wildman–Crippen LogP) is 12.2. The highest BCUT2D eigenvalue weighted by molar-refractivity contribution is 5.92. The summed E-state index contributed by atoms with van der Waals surface area (Å²) in [7, 11) is 0. The molecule has 1 aliphatic carbocycles. The Morgan fingerprint density at radius 1 is 0.386 bits per heavy atom. The minimum Gasteiger partial charge on any atom is -0.449 e. The molecule has 7 aromatic carbocycles. The molecule has 57 heavy (non-hydrogen) atoms. The standard InChI is InChI=1S/C51H32N4O2/c1-4-16-33(17-5-1)48-53-49(55-50(54-48)42-27-12-13-31-52-42)35-19-14-18-34(32-35)38-25-15-28-43-46(38)57-47-44(56-43)30-29-41-45(47)39-24-10-11-26-40(39)51(41,36-20-6-2-7-21-36)37-22-8-3-9-23-37/h1-32H. The number of ether oxygens (including phenoxy) is 2. The van der Waals surface area contributed by atoms with Crippen molar-refractivity contribution in [3.8, 4) is 79.5 Å². The Bertz CT molecular complexity index is 2860. The summed E-state index contributed by atoms with van der Waals surface area (Å²) in [6, 6.07) is 64.4. The summed E-state index contributed by atoms with van der Waals surface area (Å²) in [5.41, 5.74) is 10.6. The molecule has 268 valence electrons. The highest BCUT2D eigenvalue weighted by atomic mass is 16.6. The molecule has 0 saturated heterocycles. The lowest BCUT2D eigenvalue weighted by molar-refractivity contribution is 0.361. The van der Waals surface area contributed by atoms with E-state index in [1.54, 1.807) is 6.20 Å². The molecule has 1 aliphatic heterocycles. The van der Waals surface area contributed by atoms with E-state index in [1.807, 2.05) is 72.8 Å². The van der Waals surface area contributed by atoms with E-state index in [-0.39, 0.29) is 0 Å². The monoisotopic (exact) mass is 732 g/mol. The van der Waals surface area contributed by atoms with Crippen LogP contribution in [0.5, 0.6) is 23.0 Å². The van der Waals surface area contributed by atoms with Gasteiger partial charge in [-0.1, -0.05) is 158 Å². The number of hydrogen-bond acceptors (Lipinski definition) is 6. The van der Waals surface area contributed by atoms with Crippen molar-refractivity contribution in [3.63, 3.8) is 0 Å². The molecule has 0 saturated carbocycles. The molecule has 0 bridgehead atoms. The van der Waals surface area contributed by atoms with Gasteiger partial charge in [0.05, 0.1) is 5.41 Å². The van der Waals surface area contributed by atoms with Gasteiger partial charge in [-0.15, -0.1) is 0 Å². The van der Waals surface area contributed by atoms with Crippen molar-refractivity contribution >= 4 is 0 Å². The minimum atomic E-state index is -0.557. The Labute approximate surface area is 329 Å². The van der Waals surface area contributed by atoms with Gasteiger partial charge in [-0.2, -0.15) is 0 Å². The lowest BCUT2D eigenvalue weighted by Crippen LogP contribution is -2.28. The summed E-state index contributed by atoms with van der Waals surface area (Å²) in [6.45, 7) is 0. The number of aromatic nitrogens is 4. The fraction of sp³-hybridized carbons (Fsp3) is 0.0196. The van der Waals surface area contributed by atoms with Gasteiger partial charge in [-0.25, -0.2) is 15.0 Å². The Kier molecular flexibility index (Phi) is 7.60. The second-order valence-electron chi connectivity index (χ2n) is 14.1. The second kappa shape index (κ2) is 13.3. The topological polar surface area (TPSA) is 70.0 Å². The number of fused-ring (bicyclic) bond motifs is 6. The lowest BCUT2D eigenvalue weighted by atomic mass is 9.68. The van der Waals surface area contributed by atoms with E-state index in [2.05, 4.69) is 120 Å². The quantitative estimate of drug-likeness (QED) is 0.169. The van der Waals surface area contributed by atoms with Crippen molar-refractivity contribution < 1.29 is 9.47 Å². The molecule has 0 radical (unpaired) electrons. The van der Waals surface area contributed by atoms with Gasteiger partial charge in [0, 0.05) is 28.5 Å². The summed E-state index contributed by atoms with van der Waals surface area (Å²) >= 11 is 0. The molecule has 0 spiro atoms. The summed E-state index contributed by atoms with van der Waals surface area (Å²) in [5, 5.41) is 0. The zero-order chi connectivity index (χ0) is 37.8. The fourth-order valence-electron chi connectivity index (χ4n) is 8.47. The number of pyridine rings is 1. The van der Waals surface area contributed by atoms with Gasteiger partial charge < -0.3 is 9.47 Å². The van der Waals surface area contributed by atoms with E-state index in [9.17, 15) is 0 Å². The Balaban J connectivity index is 1.05. The van der Waals surface area contributed by atoms with Crippen molar-refractivity contribution in [3.05, 3.63) is 217 Å². The molecule has 2 aliphatic rings. The molecular weight excluding hydrogens is 701 g/mol. The molecule has 0 fully saturated rings. The molecule has 11 rings (SSSR count). The van der Waals surface area contributed by atoms with Crippen LogP contribution in [0.1, 0.15) is 22.3 Å². The molecule has 0 unspecified atom stereocenters. The van der Waals surface area contributed by atoms with Gasteiger partial charge in [-0.05, 0) is 63.7 Å². The third kappa shape index (κ3) is 5.26. The third-order valence-electron chi connectivity index (χ3n) is 10.9. The summed E-state index contributed by atoms with van der Waals surface area (Å²) in [5.74, 6) is 4.32. The van der Waals surface area contributed by atoms with Crippen LogP contribution in [-0.4, -0.2) is 19.9 Å². The second-order valence-corrected chi connectivity index (χ2v) is 14.1. The number of hydrogen-bond donors (Lipinski definition) is 0. The van der Waals surface area contributed by atoms with Crippen molar-refractivity contribution in [2.24, 2.45) is 0 Å². The summed E-state index contributed by atoms with van der Waals surface area (Å²) < 4.78 is 13.9. The smallest absolute Gasteiger partial charge is 0.182 e. The number of nitrogens with zero attached hydrogens (tertiary/aromatic N) is 4. The van der Waals surface area contributed by atoms with Crippen LogP contribution in [0, 0.1) is 0 Å². The van der Waals surface area contributed by atoms with E-state index in [1.165, 1.54) is 16.7 Å². The van der Waals surface area contributed by atoms with E-state index in [0.717, 1.165) is 38.9 Å². The van der Waals surface area contributed by atoms with E-state index < -0.39 is 5.41 Å². The maximum atomic E-state index is 7.15. The molecule has 0 atom stereocenters. The SMILES string of the molecule is c1ccc(-c2nc(-c3cccc(-c4cccc5c4Oc4c(ccc6c4-c4ccccc4C6(c4ccccc4)c4ccccc4)O5)c3)nc(-c3ccccn3)n2)cc1. The maximum Gasteiger partial charge on any atom is 0.182 e. The van der Waals surface area contributed by atoms with E-state index >= 15 is 0 Å². The van der Waals surface area contributed by atoms with Crippen molar-refractivity contribution in [2.45, 2.75) is 5.41 Å². The molecule has 2 aromatic heterocycles. The highest BCUT2D eigenvalue weighted by Gasteiger charge is 2.48. The first-order valence-electron chi connectivity index (χ1n) is 19.0. The normalized spacial score (nSPS) is 13.0. The summed E-state index contributed by atoms with van der Waals surface area (Å²) in [6.07, 6.45) is 1.75. The molecule has 0 amide bonds. The fourth-order valence-corrected chi connectivity index (χ4v) is 8.47. The summed E-state index contributed by atoms with van der Waals surface area (Å²) in [4.78, 5) is 19.3. The first-order valence-corrected chi connectivity index (χ1v) is 19.0. The van der Waals surface area contributed by atoms with Crippen molar-refractivity contribution in [1.82, 2.24) is 19.9 Å². The van der Waals surface area contributed by atoms with Gasteiger partial charge in [0.2, 0.25) is 0 Å². The number of para-hydroxylation sites is 1. The molecule has 6 heteroatoms. The van der Waals surface area contributed by atoms with Gasteiger partial charge in [-0.3, -0.25) is 4.98 Å². The minimum absolute atomic E-state index is 0.506. The zero-order valence-electron chi connectivity index (χ0n) is 30.6. The van der Waals surface area contributed by atoms with Crippen LogP contribution in [-0.2, 0) is 5.41 Å². The molecular formula is C51H32N4O2. The Morgan fingerprint density at radius 3 is 1.74 bits per heavy atom. The average Bonchev–Trinajstić information content (AvgIpc) is 3.61. The zero-order valence-corrected chi connectivity index (χ0v) is 30.6. The van der Waals surface area contributed by atoms with Crippen LogP contribution in [0.4, 0.5) is 0 Å². The van der Waals surface area contributed by atoms with Gasteiger partial charge in [0.25, 0.3) is 0 Å². The van der Waals surface area contributed by atoms with E-state index in [4.69, 9.17) is 24.4 Å². The predicted molar refractivity (Wildman–Crippen MR) is 223 cm³/mol. The van der Waals surface area contributed by atoms with Gasteiger partial charge in [0.15, 0.2) is 40.5 Å². The first kappa shape index (κ1) is 32.7. The lowest BCUT2D eigenvalue weighted by Gasteiger charge is -2.34. The number of rotatable bonds is 6. The van der Waals surface area contributed by atoms with Crippen LogP contribution >= 0.6 is 0 Å². The van der Waals surface area contributed by atoms with E-state index in [0.29, 0.717) is 46.2 Å². The first-order chi connectivity index (χ1) is 28.3. The van der Waals surface area contributed by atoms with Crippen LogP contribution in [0.2, 0.25) is 0 Å². The maximum absolute atomic E-state index is 7.15.